The van der Waals surface area contributed by atoms with Gasteiger partial charge in [-0.25, -0.2) is 4.79 Å². The standard InChI is InChI=1S/C17H14O4S/c18-17(19)16-9-8-14(21-16)11-22(20)10-13-6-3-5-12-4-1-2-7-15(12)13/h1-9H,10-11H2,(H,18,19). The Kier molecular flexibility index (Phi) is 4.06. The van der Waals surface area contributed by atoms with Crippen molar-refractivity contribution in [2.75, 3.05) is 0 Å². The first-order valence-corrected chi connectivity index (χ1v) is 8.26. The summed E-state index contributed by atoms with van der Waals surface area (Å²) < 4.78 is 17.5. The van der Waals surface area contributed by atoms with Crippen LogP contribution in [0.3, 0.4) is 0 Å². The summed E-state index contributed by atoms with van der Waals surface area (Å²) in [7, 11) is -1.16. The fourth-order valence-corrected chi connectivity index (χ4v) is 3.55. The fraction of sp³-hybridized carbons (Fsp3) is 0.118. The lowest BCUT2D eigenvalue weighted by molar-refractivity contribution is 0.0661. The third-order valence-corrected chi connectivity index (χ3v) is 4.61. The van der Waals surface area contributed by atoms with Gasteiger partial charge in [-0.1, -0.05) is 42.5 Å². The van der Waals surface area contributed by atoms with Gasteiger partial charge in [-0.2, -0.15) is 0 Å². The maximum Gasteiger partial charge on any atom is 0.371 e. The molecular weight excluding hydrogens is 300 g/mol. The van der Waals surface area contributed by atoms with Crippen molar-refractivity contribution in [2.45, 2.75) is 11.5 Å². The number of hydrogen-bond donors (Lipinski definition) is 1. The van der Waals surface area contributed by atoms with Gasteiger partial charge >= 0.3 is 5.97 Å². The van der Waals surface area contributed by atoms with Crippen LogP contribution < -0.4 is 0 Å². The molecular formula is C17H14O4S. The van der Waals surface area contributed by atoms with Crippen molar-refractivity contribution in [1.82, 2.24) is 0 Å². The van der Waals surface area contributed by atoms with E-state index in [4.69, 9.17) is 9.52 Å². The average Bonchev–Trinajstić information content (AvgIpc) is 2.96. The Morgan fingerprint density at radius 2 is 1.77 bits per heavy atom. The van der Waals surface area contributed by atoms with Crippen LogP contribution in [0.5, 0.6) is 0 Å². The number of hydrogen-bond acceptors (Lipinski definition) is 3. The summed E-state index contributed by atoms with van der Waals surface area (Å²) in [6.45, 7) is 0. The molecule has 0 spiro atoms. The Hall–Kier alpha value is -2.40. The molecule has 1 heterocycles. The van der Waals surface area contributed by atoms with Crippen LogP contribution >= 0.6 is 0 Å². The monoisotopic (exact) mass is 314 g/mol. The number of aromatic carboxylic acids is 1. The van der Waals surface area contributed by atoms with Crippen LogP contribution in [0.15, 0.2) is 59.0 Å². The van der Waals surface area contributed by atoms with E-state index in [0.717, 1.165) is 16.3 Å². The molecule has 1 N–H and O–H groups in total. The summed E-state index contributed by atoms with van der Waals surface area (Å²) in [6, 6.07) is 16.8. The number of furan rings is 1. The van der Waals surface area contributed by atoms with Crippen molar-refractivity contribution in [3.8, 4) is 0 Å². The summed E-state index contributed by atoms with van der Waals surface area (Å²) in [6.07, 6.45) is 0. The summed E-state index contributed by atoms with van der Waals surface area (Å²) in [5.41, 5.74) is 1.02. The first-order chi connectivity index (χ1) is 10.6. The molecule has 0 aliphatic rings. The Morgan fingerprint density at radius 3 is 2.55 bits per heavy atom. The normalized spacial score (nSPS) is 12.4. The van der Waals surface area contributed by atoms with Crippen molar-refractivity contribution in [1.29, 1.82) is 0 Å². The largest absolute Gasteiger partial charge is 0.475 e. The minimum Gasteiger partial charge on any atom is -0.475 e. The smallest absolute Gasteiger partial charge is 0.371 e. The molecule has 4 nitrogen and oxygen atoms in total. The molecule has 5 heteroatoms. The van der Waals surface area contributed by atoms with E-state index in [1.54, 1.807) is 6.07 Å². The molecule has 112 valence electrons. The number of carbonyl (C=O) groups is 1. The second-order valence-corrected chi connectivity index (χ2v) is 6.39. The molecule has 0 amide bonds. The molecule has 0 aliphatic carbocycles. The van der Waals surface area contributed by atoms with E-state index in [9.17, 15) is 9.00 Å². The van der Waals surface area contributed by atoms with Crippen molar-refractivity contribution >= 4 is 27.5 Å². The van der Waals surface area contributed by atoms with Crippen molar-refractivity contribution in [2.24, 2.45) is 0 Å². The second kappa shape index (κ2) is 6.15. The highest BCUT2D eigenvalue weighted by Crippen LogP contribution is 2.21. The molecule has 0 saturated heterocycles. The van der Waals surface area contributed by atoms with Crippen molar-refractivity contribution in [3.05, 3.63) is 71.7 Å². The molecule has 0 radical (unpaired) electrons. The minimum atomic E-state index is -1.16. The van der Waals surface area contributed by atoms with Gasteiger partial charge in [0.05, 0.1) is 5.75 Å². The summed E-state index contributed by atoms with van der Waals surface area (Å²) >= 11 is 0. The lowest BCUT2D eigenvalue weighted by Crippen LogP contribution is -1.99. The first-order valence-electron chi connectivity index (χ1n) is 6.77. The highest BCUT2D eigenvalue weighted by Gasteiger charge is 2.12. The number of fused-ring (bicyclic) bond motifs is 1. The zero-order valence-corrected chi connectivity index (χ0v) is 12.5. The maximum absolute atomic E-state index is 12.3. The van der Waals surface area contributed by atoms with Crippen LogP contribution in [0.4, 0.5) is 0 Å². The van der Waals surface area contributed by atoms with Crippen LogP contribution in [0.2, 0.25) is 0 Å². The van der Waals surface area contributed by atoms with E-state index >= 15 is 0 Å². The summed E-state index contributed by atoms with van der Waals surface area (Å²) in [5, 5.41) is 11.0. The van der Waals surface area contributed by atoms with Gasteiger partial charge in [-0.15, -0.1) is 0 Å². The van der Waals surface area contributed by atoms with Gasteiger partial charge in [-0.05, 0) is 28.5 Å². The Balaban J connectivity index is 1.77. The van der Waals surface area contributed by atoms with Crippen LogP contribution in [0, 0.1) is 0 Å². The fourth-order valence-electron chi connectivity index (χ4n) is 2.37. The lowest BCUT2D eigenvalue weighted by atomic mass is 10.1. The molecule has 2 aromatic carbocycles. The van der Waals surface area contributed by atoms with E-state index in [2.05, 4.69) is 0 Å². The minimum absolute atomic E-state index is 0.128. The van der Waals surface area contributed by atoms with E-state index < -0.39 is 16.8 Å². The van der Waals surface area contributed by atoms with E-state index in [1.807, 2.05) is 42.5 Å². The van der Waals surface area contributed by atoms with E-state index in [1.165, 1.54) is 6.07 Å². The van der Waals surface area contributed by atoms with Gasteiger partial charge in [0.25, 0.3) is 0 Å². The predicted octanol–water partition coefficient (Wildman–Crippen LogP) is 3.58. The van der Waals surface area contributed by atoms with Crippen molar-refractivity contribution in [3.63, 3.8) is 0 Å². The van der Waals surface area contributed by atoms with Gasteiger partial charge in [0.1, 0.15) is 5.76 Å². The third-order valence-electron chi connectivity index (χ3n) is 3.37. The molecule has 0 aliphatic heterocycles. The summed E-state index contributed by atoms with van der Waals surface area (Å²) in [4.78, 5) is 10.8. The van der Waals surface area contributed by atoms with Gasteiger partial charge < -0.3 is 9.52 Å². The lowest BCUT2D eigenvalue weighted by Gasteiger charge is -2.06. The first kappa shape index (κ1) is 14.5. The highest BCUT2D eigenvalue weighted by molar-refractivity contribution is 7.83. The Bertz CT molecular complexity index is 845. The topological polar surface area (TPSA) is 67.5 Å². The molecule has 22 heavy (non-hydrogen) atoms. The molecule has 3 rings (SSSR count). The zero-order valence-electron chi connectivity index (χ0n) is 11.7. The van der Waals surface area contributed by atoms with Crippen LogP contribution in [0.1, 0.15) is 21.9 Å². The third kappa shape index (κ3) is 3.09. The second-order valence-electron chi connectivity index (χ2n) is 4.94. The quantitative estimate of drug-likeness (QED) is 0.781. The van der Waals surface area contributed by atoms with Crippen molar-refractivity contribution < 1.29 is 18.5 Å². The zero-order chi connectivity index (χ0) is 15.5. The molecule has 1 aromatic heterocycles. The molecule has 1 atom stereocenters. The number of carboxylic acids is 1. The number of benzene rings is 2. The molecule has 0 bridgehead atoms. The highest BCUT2D eigenvalue weighted by atomic mass is 32.2. The van der Waals surface area contributed by atoms with Gasteiger partial charge in [0.2, 0.25) is 5.76 Å². The molecule has 0 saturated carbocycles. The van der Waals surface area contributed by atoms with Crippen LogP contribution in [-0.4, -0.2) is 15.3 Å². The average molecular weight is 314 g/mol. The van der Waals surface area contributed by atoms with Crippen LogP contribution in [0.25, 0.3) is 10.8 Å². The number of carboxylic acid groups (broad SMARTS) is 1. The number of rotatable bonds is 5. The van der Waals surface area contributed by atoms with Crippen LogP contribution in [-0.2, 0) is 22.3 Å². The van der Waals surface area contributed by atoms with E-state index in [-0.39, 0.29) is 11.5 Å². The predicted molar refractivity (Wildman–Crippen MR) is 85.2 cm³/mol. The molecule has 0 fully saturated rings. The SMILES string of the molecule is O=C(O)c1ccc(CS(=O)Cc2cccc3ccccc23)o1. The van der Waals surface area contributed by atoms with Gasteiger partial charge in [0.15, 0.2) is 0 Å². The Labute approximate surface area is 129 Å². The Morgan fingerprint density at radius 1 is 1.00 bits per heavy atom. The maximum atomic E-state index is 12.3. The van der Waals surface area contributed by atoms with Gasteiger partial charge in [0, 0.05) is 16.6 Å². The van der Waals surface area contributed by atoms with E-state index in [0.29, 0.717) is 11.5 Å². The molecule has 3 aromatic rings. The molecule has 1 unspecified atom stereocenters. The summed E-state index contributed by atoms with van der Waals surface area (Å²) in [5.74, 6) is -0.208. The van der Waals surface area contributed by atoms with Gasteiger partial charge in [-0.3, -0.25) is 4.21 Å².